The molecule has 0 N–H and O–H groups in total. The average Bonchev–Trinajstić information content (AvgIpc) is 2.98. The van der Waals surface area contributed by atoms with Gasteiger partial charge in [0, 0.05) is 14.8 Å². The van der Waals surface area contributed by atoms with Gasteiger partial charge >= 0.3 is 0 Å². The predicted octanol–water partition coefficient (Wildman–Crippen LogP) is 7.42. The number of hydrogen-bond donors (Lipinski definition) is 0. The van der Waals surface area contributed by atoms with E-state index in [1.54, 1.807) is 0 Å². The standard InChI is InChI=1S/C22H17ClS2/c1-24-21-18-9-5-6-10-19(18)22(20(21)15-7-3-2-4-8-15)25-17-13-11-16(23)12-14-17/h2-14,21H,1H3. The molecule has 0 fully saturated rings. The molecule has 4 rings (SSSR count). The average molecular weight is 381 g/mol. The topological polar surface area (TPSA) is 0 Å². The van der Waals surface area contributed by atoms with Gasteiger partial charge in [-0.1, -0.05) is 78.0 Å². The Balaban J connectivity index is 1.87. The molecule has 0 heterocycles. The first-order valence-electron chi connectivity index (χ1n) is 8.13. The van der Waals surface area contributed by atoms with Gasteiger partial charge in [-0.05, 0) is 52.8 Å². The Bertz CT molecular complexity index is 914. The largest absolute Gasteiger partial charge is 0.152 e. The van der Waals surface area contributed by atoms with Gasteiger partial charge in [0.15, 0.2) is 0 Å². The van der Waals surface area contributed by atoms with E-state index in [4.69, 9.17) is 11.6 Å². The first-order valence-corrected chi connectivity index (χ1v) is 10.6. The minimum Gasteiger partial charge on any atom is -0.152 e. The second kappa shape index (κ2) is 7.33. The highest BCUT2D eigenvalue weighted by atomic mass is 35.5. The summed E-state index contributed by atoms with van der Waals surface area (Å²) in [6.07, 6.45) is 2.19. The van der Waals surface area contributed by atoms with E-state index in [1.807, 2.05) is 35.7 Å². The number of thioether (sulfide) groups is 2. The molecule has 3 aromatic carbocycles. The van der Waals surface area contributed by atoms with Crippen molar-refractivity contribution in [3.63, 3.8) is 0 Å². The fraction of sp³-hybridized carbons (Fsp3) is 0.0909. The molecule has 0 saturated heterocycles. The zero-order valence-electron chi connectivity index (χ0n) is 13.8. The Kier molecular flexibility index (Phi) is 4.93. The van der Waals surface area contributed by atoms with Gasteiger partial charge < -0.3 is 0 Å². The molecular weight excluding hydrogens is 364 g/mol. The second-order valence-corrected chi connectivity index (χ2v) is 8.33. The van der Waals surface area contributed by atoms with E-state index in [2.05, 4.69) is 73.0 Å². The summed E-state index contributed by atoms with van der Waals surface area (Å²) in [5, 5.41) is 1.14. The molecule has 0 bridgehead atoms. The minimum atomic E-state index is 0.369. The first kappa shape index (κ1) is 16.8. The number of rotatable bonds is 4. The normalized spacial score (nSPS) is 16.2. The summed E-state index contributed by atoms with van der Waals surface area (Å²) in [6.45, 7) is 0. The zero-order chi connectivity index (χ0) is 17.2. The Morgan fingerprint density at radius 2 is 1.48 bits per heavy atom. The molecular formula is C22H17ClS2. The van der Waals surface area contributed by atoms with Gasteiger partial charge in [0.05, 0.1) is 5.25 Å². The highest BCUT2D eigenvalue weighted by Crippen LogP contribution is 2.56. The third-order valence-corrected chi connectivity index (χ3v) is 6.71. The van der Waals surface area contributed by atoms with Crippen LogP contribution in [0.2, 0.25) is 5.02 Å². The van der Waals surface area contributed by atoms with Gasteiger partial charge in [-0.3, -0.25) is 0 Å². The molecule has 0 amide bonds. The highest BCUT2D eigenvalue weighted by molar-refractivity contribution is 8.08. The van der Waals surface area contributed by atoms with Crippen molar-refractivity contribution in [2.45, 2.75) is 10.1 Å². The number of fused-ring (bicyclic) bond motifs is 1. The third-order valence-electron chi connectivity index (χ3n) is 4.35. The minimum absolute atomic E-state index is 0.369. The Labute approximate surface area is 162 Å². The van der Waals surface area contributed by atoms with Crippen LogP contribution in [0.15, 0.2) is 83.8 Å². The molecule has 3 aromatic rings. The molecule has 1 aliphatic rings. The lowest BCUT2D eigenvalue weighted by Gasteiger charge is -2.15. The summed E-state index contributed by atoms with van der Waals surface area (Å²) in [4.78, 5) is 2.56. The van der Waals surface area contributed by atoms with Crippen molar-refractivity contribution < 1.29 is 0 Å². The monoisotopic (exact) mass is 380 g/mol. The Morgan fingerprint density at radius 1 is 0.800 bits per heavy atom. The first-order chi connectivity index (χ1) is 12.3. The lowest BCUT2D eigenvalue weighted by molar-refractivity contribution is 1.28. The van der Waals surface area contributed by atoms with Crippen LogP contribution in [0.1, 0.15) is 21.9 Å². The van der Waals surface area contributed by atoms with Crippen molar-refractivity contribution in [2.75, 3.05) is 6.26 Å². The van der Waals surface area contributed by atoms with E-state index in [0.29, 0.717) is 5.25 Å². The molecule has 25 heavy (non-hydrogen) atoms. The summed E-state index contributed by atoms with van der Waals surface area (Å²) >= 11 is 9.79. The molecule has 0 saturated carbocycles. The SMILES string of the molecule is CSC1C(c2ccccc2)=C(Sc2ccc(Cl)cc2)c2ccccc21. The van der Waals surface area contributed by atoms with Crippen molar-refractivity contribution in [1.82, 2.24) is 0 Å². The predicted molar refractivity (Wildman–Crippen MR) is 113 cm³/mol. The molecule has 1 unspecified atom stereocenters. The molecule has 0 aliphatic heterocycles. The molecule has 1 aliphatic carbocycles. The molecule has 124 valence electrons. The quantitative estimate of drug-likeness (QED) is 0.461. The van der Waals surface area contributed by atoms with Crippen LogP contribution in [0, 0.1) is 0 Å². The molecule has 3 heteroatoms. The maximum atomic E-state index is 6.05. The zero-order valence-corrected chi connectivity index (χ0v) is 16.2. The second-order valence-electron chi connectivity index (χ2n) is 5.87. The van der Waals surface area contributed by atoms with E-state index in [9.17, 15) is 0 Å². The van der Waals surface area contributed by atoms with Crippen molar-refractivity contribution in [1.29, 1.82) is 0 Å². The summed E-state index contributed by atoms with van der Waals surface area (Å²) in [5.41, 5.74) is 5.47. The van der Waals surface area contributed by atoms with Crippen LogP contribution in [0.4, 0.5) is 0 Å². The molecule has 0 spiro atoms. The van der Waals surface area contributed by atoms with Crippen LogP contribution < -0.4 is 0 Å². The maximum Gasteiger partial charge on any atom is 0.0567 e. The van der Waals surface area contributed by atoms with E-state index >= 15 is 0 Å². The van der Waals surface area contributed by atoms with Gasteiger partial charge in [-0.2, -0.15) is 11.8 Å². The van der Waals surface area contributed by atoms with Crippen molar-refractivity contribution in [2.24, 2.45) is 0 Å². The number of benzene rings is 3. The Hall–Kier alpha value is -1.61. The molecule has 0 aromatic heterocycles. The van der Waals surface area contributed by atoms with Gasteiger partial charge in [-0.25, -0.2) is 0 Å². The van der Waals surface area contributed by atoms with Gasteiger partial charge in [-0.15, -0.1) is 0 Å². The van der Waals surface area contributed by atoms with Gasteiger partial charge in [0.25, 0.3) is 0 Å². The molecule has 0 radical (unpaired) electrons. The fourth-order valence-electron chi connectivity index (χ4n) is 3.23. The fourth-order valence-corrected chi connectivity index (χ4v) is 5.53. The van der Waals surface area contributed by atoms with Gasteiger partial charge in [0.1, 0.15) is 0 Å². The summed E-state index contributed by atoms with van der Waals surface area (Å²) < 4.78 is 0. The summed E-state index contributed by atoms with van der Waals surface area (Å²) in [5.74, 6) is 0. The van der Waals surface area contributed by atoms with Gasteiger partial charge in [0.2, 0.25) is 0 Å². The van der Waals surface area contributed by atoms with Crippen LogP contribution in [-0.4, -0.2) is 6.26 Å². The van der Waals surface area contributed by atoms with Crippen LogP contribution >= 0.6 is 35.1 Å². The van der Waals surface area contributed by atoms with E-state index in [1.165, 1.54) is 32.1 Å². The summed E-state index contributed by atoms with van der Waals surface area (Å²) in [6, 6.07) is 27.6. The summed E-state index contributed by atoms with van der Waals surface area (Å²) in [7, 11) is 0. The third kappa shape index (κ3) is 3.27. The number of hydrogen-bond acceptors (Lipinski definition) is 2. The smallest absolute Gasteiger partial charge is 0.0567 e. The van der Waals surface area contributed by atoms with Crippen LogP contribution in [-0.2, 0) is 0 Å². The van der Waals surface area contributed by atoms with Crippen LogP contribution in [0.25, 0.3) is 10.5 Å². The Morgan fingerprint density at radius 3 is 2.20 bits per heavy atom. The highest BCUT2D eigenvalue weighted by Gasteiger charge is 2.31. The van der Waals surface area contributed by atoms with E-state index in [0.717, 1.165) is 5.02 Å². The lowest BCUT2D eigenvalue weighted by atomic mass is 10.0. The van der Waals surface area contributed by atoms with Crippen molar-refractivity contribution >= 4 is 45.6 Å². The lowest BCUT2D eigenvalue weighted by Crippen LogP contribution is -1.93. The maximum absolute atomic E-state index is 6.05. The van der Waals surface area contributed by atoms with E-state index in [-0.39, 0.29) is 0 Å². The molecule has 0 nitrogen and oxygen atoms in total. The van der Waals surface area contributed by atoms with Crippen molar-refractivity contribution in [3.8, 4) is 0 Å². The molecule has 1 atom stereocenters. The van der Waals surface area contributed by atoms with Crippen LogP contribution in [0.5, 0.6) is 0 Å². The van der Waals surface area contributed by atoms with Crippen LogP contribution in [0.3, 0.4) is 0 Å². The number of halogens is 1. The van der Waals surface area contributed by atoms with Crippen molar-refractivity contribution in [3.05, 3.63) is 101 Å². The van der Waals surface area contributed by atoms with E-state index < -0.39 is 0 Å².